The van der Waals surface area contributed by atoms with Crippen LogP contribution in [0.25, 0.3) is 11.0 Å². The summed E-state index contributed by atoms with van der Waals surface area (Å²) in [6.45, 7) is 3.71. The predicted molar refractivity (Wildman–Crippen MR) is 128 cm³/mol. The van der Waals surface area contributed by atoms with Gasteiger partial charge in [-0.05, 0) is 61.4 Å². The van der Waals surface area contributed by atoms with Crippen molar-refractivity contribution in [1.29, 1.82) is 0 Å². The summed E-state index contributed by atoms with van der Waals surface area (Å²) >= 11 is 6.20. The molecular formula is C26H21ClO7. The molecular weight excluding hydrogens is 460 g/mol. The molecule has 0 spiro atoms. The van der Waals surface area contributed by atoms with E-state index in [1.54, 1.807) is 30.3 Å². The van der Waals surface area contributed by atoms with Crippen LogP contribution in [0.15, 0.2) is 64.0 Å². The van der Waals surface area contributed by atoms with Crippen LogP contribution in [0.1, 0.15) is 21.5 Å². The first-order chi connectivity index (χ1) is 16.3. The Labute approximate surface area is 200 Å². The Kier molecular flexibility index (Phi) is 6.47. The molecule has 0 aliphatic rings. The number of benzene rings is 3. The van der Waals surface area contributed by atoms with Crippen molar-refractivity contribution in [1.82, 2.24) is 0 Å². The molecule has 0 saturated carbocycles. The average Bonchev–Trinajstić information content (AvgIpc) is 2.83. The number of carbonyl (C=O) groups is 1. The molecule has 7 nitrogen and oxygen atoms in total. The number of rotatable bonds is 6. The van der Waals surface area contributed by atoms with Crippen molar-refractivity contribution in [2.45, 2.75) is 13.8 Å². The molecule has 1 heterocycles. The molecule has 4 aromatic rings. The topological polar surface area (TPSA) is 84.2 Å². The van der Waals surface area contributed by atoms with Gasteiger partial charge in [0.2, 0.25) is 11.2 Å². The van der Waals surface area contributed by atoms with Crippen LogP contribution in [-0.2, 0) is 0 Å². The van der Waals surface area contributed by atoms with E-state index in [0.717, 1.165) is 11.1 Å². The third kappa shape index (κ3) is 4.43. The van der Waals surface area contributed by atoms with E-state index in [2.05, 4.69) is 0 Å². The van der Waals surface area contributed by atoms with Crippen LogP contribution in [0.4, 0.5) is 0 Å². The zero-order valence-electron chi connectivity index (χ0n) is 18.9. The number of methoxy groups -OCH3 is 2. The molecule has 0 atom stereocenters. The number of halogens is 1. The van der Waals surface area contributed by atoms with Crippen LogP contribution in [0, 0.1) is 13.8 Å². The Hall–Kier alpha value is -3.97. The Balaban J connectivity index is 1.63. The molecule has 0 aliphatic carbocycles. The summed E-state index contributed by atoms with van der Waals surface area (Å²) in [6, 6.07) is 12.9. The standard InChI is InChI=1S/C26H21ClO7/c1-14-10-17(11-15(2)24(14)27)33-22-13-32-21-12-16(8-9-18(21)25(22)28)34-26(29)23-19(30-3)6-5-7-20(23)31-4/h5-13H,1-4H3. The second-order valence-electron chi connectivity index (χ2n) is 7.49. The first kappa shape index (κ1) is 23.2. The van der Waals surface area contributed by atoms with Gasteiger partial charge in [-0.15, -0.1) is 0 Å². The number of aryl methyl sites for hydroxylation is 2. The summed E-state index contributed by atoms with van der Waals surface area (Å²) in [6.07, 6.45) is 1.22. The summed E-state index contributed by atoms with van der Waals surface area (Å²) in [4.78, 5) is 25.7. The van der Waals surface area contributed by atoms with Crippen LogP contribution in [-0.4, -0.2) is 20.2 Å². The van der Waals surface area contributed by atoms with Crippen molar-refractivity contribution < 1.29 is 28.2 Å². The molecule has 1 aromatic heterocycles. The monoisotopic (exact) mass is 480 g/mol. The quantitative estimate of drug-likeness (QED) is 0.244. The number of carbonyl (C=O) groups excluding carboxylic acids is 1. The van der Waals surface area contributed by atoms with Gasteiger partial charge in [0.05, 0.1) is 19.6 Å². The fourth-order valence-corrected chi connectivity index (χ4v) is 3.64. The summed E-state index contributed by atoms with van der Waals surface area (Å²) in [5.41, 5.74) is 1.68. The Morgan fingerprint density at radius 1 is 0.882 bits per heavy atom. The number of hydrogen-bond acceptors (Lipinski definition) is 7. The maximum Gasteiger partial charge on any atom is 0.351 e. The minimum absolute atomic E-state index is 0.0251. The molecule has 4 rings (SSSR count). The highest BCUT2D eigenvalue weighted by molar-refractivity contribution is 6.32. The molecule has 0 saturated heterocycles. The van der Waals surface area contributed by atoms with E-state index in [4.69, 9.17) is 35.0 Å². The minimum atomic E-state index is -0.676. The van der Waals surface area contributed by atoms with Crippen molar-refractivity contribution >= 4 is 28.5 Å². The molecule has 0 aliphatic heterocycles. The molecule has 0 radical (unpaired) electrons. The SMILES string of the molecule is COc1cccc(OC)c1C(=O)Oc1ccc2c(=O)c(Oc3cc(C)c(Cl)c(C)c3)coc2c1. The molecule has 0 fully saturated rings. The lowest BCUT2D eigenvalue weighted by molar-refractivity contribution is 0.0727. The van der Waals surface area contributed by atoms with Gasteiger partial charge in [0.25, 0.3) is 0 Å². The van der Waals surface area contributed by atoms with Gasteiger partial charge in [0.15, 0.2) is 0 Å². The second kappa shape index (κ2) is 9.49. The fourth-order valence-electron chi connectivity index (χ4n) is 3.53. The zero-order chi connectivity index (χ0) is 24.4. The van der Waals surface area contributed by atoms with E-state index in [1.807, 2.05) is 13.8 Å². The summed E-state index contributed by atoms with van der Waals surface area (Å²) in [5, 5.41) is 0.917. The smallest absolute Gasteiger partial charge is 0.351 e. The lowest BCUT2D eigenvalue weighted by Crippen LogP contribution is -2.12. The number of hydrogen-bond donors (Lipinski definition) is 0. The molecule has 0 bridgehead atoms. The molecule has 3 aromatic carbocycles. The van der Waals surface area contributed by atoms with Gasteiger partial charge in [0, 0.05) is 11.1 Å². The van der Waals surface area contributed by atoms with Gasteiger partial charge in [-0.3, -0.25) is 4.79 Å². The Bertz CT molecular complexity index is 1410. The maximum absolute atomic E-state index is 12.9. The maximum atomic E-state index is 12.9. The summed E-state index contributed by atoms with van der Waals surface area (Å²) < 4.78 is 27.4. The van der Waals surface area contributed by atoms with Gasteiger partial charge in [-0.1, -0.05) is 17.7 Å². The third-order valence-electron chi connectivity index (χ3n) is 5.19. The van der Waals surface area contributed by atoms with Gasteiger partial charge in [0.1, 0.15) is 40.4 Å². The van der Waals surface area contributed by atoms with E-state index < -0.39 is 5.97 Å². The van der Waals surface area contributed by atoms with E-state index in [1.165, 1.54) is 38.7 Å². The van der Waals surface area contributed by atoms with Crippen molar-refractivity contribution in [2.75, 3.05) is 14.2 Å². The molecule has 0 N–H and O–H groups in total. The van der Waals surface area contributed by atoms with Crippen LogP contribution in [0.2, 0.25) is 5.02 Å². The number of fused-ring (bicyclic) bond motifs is 1. The Morgan fingerprint density at radius 3 is 2.15 bits per heavy atom. The average molecular weight is 481 g/mol. The van der Waals surface area contributed by atoms with Crippen molar-refractivity contribution in [3.63, 3.8) is 0 Å². The summed E-state index contributed by atoms with van der Waals surface area (Å²) in [7, 11) is 2.89. The minimum Gasteiger partial charge on any atom is -0.496 e. The van der Waals surface area contributed by atoms with Crippen LogP contribution < -0.4 is 24.4 Å². The van der Waals surface area contributed by atoms with Crippen molar-refractivity contribution in [3.05, 3.63) is 86.7 Å². The van der Waals surface area contributed by atoms with E-state index >= 15 is 0 Å². The molecule has 174 valence electrons. The van der Waals surface area contributed by atoms with Crippen LogP contribution in [0.5, 0.6) is 28.7 Å². The van der Waals surface area contributed by atoms with E-state index in [0.29, 0.717) is 22.3 Å². The lowest BCUT2D eigenvalue weighted by atomic mass is 10.1. The first-order valence-electron chi connectivity index (χ1n) is 10.3. The van der Waals surface area contributed by atoms with E-state index in [-0.39, 0.29) is 33.5 Å². The second-order valence-corrected chi connectivity index (χ2v) is 7.87. The first-order valence-corrected chi connectivity index (χ1v) is 10.6. The molecule has 0 amide bonds. The molecule has 8 heteroatoms. The van der Waals surface area contributed by atoms with Crippen molar-refractivity contribution in [2.24, 2.45) is 0 Å². The third-order valence-corrected chi connectivity index (χ3v) is 5.79. The highest BCUT2D eigenvalue weighted by atomic mass is 35.5. The predicted octanol–water partition coefficient (Wildman–Crippen LogP) is 6.09. The summed E-state index contributed by atoms with van der Waals surface area (Å²) in [5.74, 6) is 0.632. The van der Waals surface area contributed by atoms with Gasteiger partial charge in [-0.2, -0.15) is 0 Å². The largest absolute Gasteiger partial charge is 0.496 e. The highest BCUT2D eigenvalue weighted by Gasteiger charge is 2.21. The number of ether oxygens (including phenoxy) is 4. The van der Waals surface area contributed by atoms with E-state index in [9.17, 15) is 9.59 Å². The highest BCUT2D eigenvalue weighted by Crippen LogP contribution is 2.31. The lowest BCUT2D eigenvalue weighted by Gasteiger charge is -2.12. The molecule has 34 heavy (non-hydrogen) atoms. The zero-order valence-corrected chi connectivity index (χ0v) is 19.7. The Morgan fingerprint density at radius 2 is 1.53 bits per heavy atom. The fraction of sp³-hybridized carbons (Fsp3) is 0.154. The number of esters is 1. The van der Waals surface area contributed by atoms with Crippen LogP contribution in [0.3, 0.4) is 0 Å². The van der Waals surface area contributed by atoms with Gasteiger partial charge < -0.3 is 23.4 Å². The normalized spacial score (nSPS) is 10.7. The molecule has 0 unspecified atom stereocenters. The van der Waals surface area contributed by atoms with Gasteiger partial charge in [-0.25, -0.2) is 4.79 Å². The van der Waals surface area contributed by atoms with Gasteiger partial charge >= 0.3 is 5.97 Å². The van der Waals surface area contributed by atoms with Crippen LogP contribution >= 0.6 is 11.6 Å². The van der Waals surface area contributed by atoms with Crippen molar-refractivity contribution in [3.8, 4) is 28.7 Å².